The van der Waals surface area contributed by atoms with Crippen LogP contribution in [0.25, 0.3) is 0 Å². The van der Waals surface area contributed by atoms with Crippen molar-refractivity contribution in [2.24, 2.45) is 5.41 Å². The monoisotopic (exact) mass is 167 g/mol. The molecule has 70 valence electrons. The van der Waals surface area contributed by atoms with Crippen LogP contribution in [0.4, 0.5) is 0 Å². The third kappa shape index (κ3) is 1.28. The first kappa shape index (κ1) is 8.55. The summed E-state index contributed by atoms with van der Waals surface area (Å²) in [6.07, 6.45) is 10.4. The fraction of sp³-hybridized carbons (Fsp3) is 1.00. The maximum atomic E-state index is 3.64. The van der Waals surface area contributed by atoms with Crippen LogP contribution in [0.15, 0.2) is 0 Å². The van der Waals surface area contributed by atoms with Crippen molar-refractivity contribution in [2.75, 3.05) is 6.54 Å². The summed E-state index contributed by atoms with van der Waals surface area (Å²) in [6.45, 7) is 3.39. The molecule has 2 rings (SSSR count). The molecule has 2 aliphatic carbocycles. The molecule has 0 bridgehead atoms. The van der Waals surface area contributed by atoms with Gasteiger partial charge in [-0.2, -0.15) is 0 Å². The van der Waals surface area contributed by atoms with E-state index in [-0.39, 0.29) is 0 Å². The molecule has 1 nitrogen and oxygen atoms in total. The van der Waals surface area contributed by atoms with Gasteiger partial charge < -0.3 is 5.32 Å². The zero-order valence-electron chi connectivity index (χ0n) is 8.23. The summed E-state index contributed by atoms with van der Waals surface area (Å²) in [5.41, 5.74) is 0.758. The topological polar surface area (TPSA) is 12.0 Å². The molecular formula is C11H21N. The molecular weight excluding hydrogens is 146 g/mol. The summed E-state index contributed by atoms with van der Waals surface area (Å²) in [5.74, 6) is 0. The van der Waals surface area contributed by atoms with Gasteiger partial charge in [-0.1, -0.05) is 26.2 Å². The second-order valence-corrected chi connectivity index (χ2v) is 4.57. The molecule has 2 fully saturated rings. The minimum absolute atomic E-state index is 0.758. The summed E-state index contributed by atoms with van der Waals surface area (Å²) in [6, 6.07) is 0.878. The van der Waals surface area contributed by atoms with Gasteiger partial charge in [-0.25, -0.2) is 0 Å². The predicted molar refractivity (Wildman–Crippen MR) is 52.2 cm³/mol. The van der Waals surface area contributed by atoms with Gasteiger partial charge in [0, 0.05) is 6.04 Å². The van der Waals surface area contributed by atoms with Crippen LogP contribution in [0.2, 0.25) is 0 Å². The fourth-order valence-electron chi connectivity index (χ4n) is 3.12. The third-order valence-corrected chi connectivity index (χ3v) is 3.97. The third-order valence-electron chi connectivity index (χ3n) is 3.97. The first-order valence-electron chi connectivity index (χ1n) is 5.61. The molecule has 1 unspecified atom stereocenters. The highest BCUT2D eigenvalue weighted by molar-refractivity contribution is 5.01. The highest BCUT2D eigenvalue weighted by Crippen LogP contribution is 2.51. The molecule has 2 saturated carbocycles. The zero-order valence-corrected chi connectivity index (χ0v) is 8.23. The standard InChI is InChI=1S/C11H21N/c1-2-12-10-6-9-11(10)7-4-3-5-8-11/h10,12H,2-9H2,1H3. The largest absolute Gasteiger partial charge is 0.314 e. The van der Waals surface area contributed by atoms with Gasteiger partial charge in [0.2, 0.25) is 0 Å². The number of nitrogens with one attached hydrogen (secondary N) is 1. The average Bonchev–Trinajstić information content (AvgIpc) is 2.14. The lowest BCUT2D eigenvalue weighted by atomic mass is 9.57. The van der Waals surface area contributed by atoms with E-state index in [0.717, 1.165) is 18.0 Å². The van der Waals surface area contributed by atoms with E-state index in [1.165, 1.54) is 44.9 Å². The molecule has 0 aromatic carbocycles. The van der Waals surface area contributed by atoms with Crippen LogP contribution in [0.5, 0.6) is 0 Å². The van der Waals surface area contributed by atoms with Gasteiger partial charge in [0.1, 0.15) is 0 Å². The van der Waals surface area contributed by atoms with E-state index in [9.17, 15) is 0 Å². The van der Waals surface area contributed by atoms with Crippen LogP contribution in [-0.2, 0) is 0 Å². The van der Waals surface area contributed by atoms with Crippen molar-refractivity contribution in [3.8, 4) is 0 Å². The van der Waals surface area contributed by atoms with E-state index in [0.29, 0.717) is 0 Å². The summed E-state index contributed by atoms with van der Waals surface area (Å²) < 4.78 is 0. The van der Waals surface area contributed by atoms with Crippen molar-refractivity contribution in [1.29, 1.82) is 0 Å². The normalized spacial score (nSPS) is 33.2. The minimum Gasteiger partial charge on any atom is -0.314 e. The highest BCUT2D eigenvalue weighted by atomic mass is 14.9. The van der Waals surface area contributed by atoms with Crippen molar-refractivity contribution in [3.05, 3.63) is 0 Å². The Morgan fingerprint density at radius 1 is 1.17 bits per heavy atom. The van der Waals surface area contributed by atoms with Gasteiger partial charge in [-0.15, -0.1) is 0 Å². The first-order valence-corrected chi connectivity index (χ1v) is 5.61. The molecule has 1 spiro atoms. The maximum Gasteiger partial charge on any atom is 0.0124 e. The molecule has 1 heteroatoms. The Kier molecular flexibility index (Phi) is 2.40. The van der Waals surface area contributed by atoms with E-state index < -0.39 is 0 Å². The second-order valence-electron chi connectivity index (χ2n) is 4.57. The molecule has 0 heterocycles. The maximum absolute atomic E-state index is 3.64. The van der Waals surface area contributed by atoms with Crippen LogP contribution in [0.1, 0.15) is 51.9 Å². The van der Waals surface area contributed by atoms with Crippen molar-refractivity contribution in [3.63, 3.8) is 0 Å². The minimum atomic E-state index is 0.758. The fourth-order valence-corrected chi connectivity index (χ4v) is 3.12. The van der Waals surface area contributed by atoms with Crippen LogP contribution in [0, 0.1) is 5.41 Å². The number of hydrogen-bond acceptors (Lipinski definition) is 1. The lowest BCUT2D eigenvalue weighted by molar-refractivity contribution is 0.0243. The Hall–Kier alpha value is -0.0400. The van der Waals surface area contributed by atoms with Crippen LogP contribution >= 0.6 is 0 Å². The molecule has 0 saturated heterocycles. The van der Waals surface area contributed by atoms with Crippen LogP contribution in [-0.4, -0.2) is 12.6 Å². The van der Waals surface area contributed by atoms with Crippen LogP contribution < -0.4 is 5.32 Å². The molecule has 0 aromatic rings. The van der Waals surface area contributed by atoms with E-state index in [4.69, 9.17) is 0 Å². The SMILES string of the molecule is CCNC1CCC12CCCCC2. The van der Waals surface area contributed by atoms with E-state index in [2.05, 4.69) is 12.2 Å². The van der Waals surface area contributed by atoms with Gasteiger partial charge in [-0.05, 0) is 37.6 Å². The van der Waals surface area contributed by atoms with Gasteiger partial charge in [0.15, 0.2) is 0 Å². The summed E-state index contributed by atoms with van der Waals surface area (Å²) in [4.78, 5) is 0. The highest BCUT2D eigenvalue weighted by Gasteiger charge is 2.45. The number of hydrogen-bond donors (Lipinski definition) is 1. The number of rotatable bonds is 2. The van der Waals surface area contributed by atoms with E-state index in [1.807, 2.05) is 0 Å². The Labute approximate surface area is 75.9 Å². The Balaban J connectivity index is 1.91. The summed E-state index contributed by atoms with van der Waals surface area (Å²) >= 11 is 0. The molecule has 0 aliphatic heterocycles. The van der Waals surface area contributed by atoms with Crippen LogP contribution in [0.3, 0.4) is 0 Å². The summed E-state index contributed by atoms with van der Waals surface area (Å²) in [5, 5.41) is 3.64. The quantitative estimate of drug-likeness (QED) is 0.667. The van der Waals surface area contributed by atoms with Gasteiger partial charge in [-0.3, -0.25) is 0 Å². The summed E-state index contributed by atoms with van der Waals surface area (Å²) in [7, 11) is 0. The lowest BCUT2D eigenvalue weighted by Crippen LogP contribution is -2.54. The van der Waals surface area contributed by atoms with Gasteiger partial charge in [0.25, 0.3) is 0 Å². The van der Waals surface area contributed by atoms with Gasteiger partial charge >= 0.3 is 0 Å². The molecule has 12 heavy (non-hydrogen) atoms. The van der Waals surface area contributed by atoms with Crippen molar-refractivity contribution >= 4 is 0 Å². The molecule has 0 amide bonds. The van der Waals surface area contributed by atoms with E-state index >= 15 is 0 Å². The van der Waals surface area contributed by atoms with Crippen molar-refractivity contribution < 1.29 is 0 Å². The second kappa shape index (κ2) is 3.37. The molecule has 2 aliphatic rings. The zero-order chi connectivity index (χ0) is 8.44. The Morgan fingerprint density at radius 3 is 2.42 bits per heavy atom. The van der Waals surface area contributed by atoms with Crippen molar-refractivity contribution in [1.82, 2.24) is 5.32 Å². The molecule has 1 atom stereocenters. The predicted octanol–water partition coefficient (Wildman–Crippen LogP) is 2.71. The lowest BCUT2D eigenvalue weighted by Gasteiger charge is -2.52. The Morgan fingerprint density at radius 2 is 1.92 bits per heavy atom. The van der Waals surface area contributed by atoms with Gasteiger partial charge in [0.05, 0.1) is 0 Å². The molecule has 1 N–H and O–H groups in total. The molecule has 0 aromatic heterocycles. The first-order chi connectivity index (χ1) is 5.87. The van der Waals surface area contributed by atoms with Crippen molar-refractivity contribution in [2.45, 2.75) is 57.9 Å². The Bertz CT molecular complexity index is 147. The average molecular weight is 167 g/mol. The van der Waals surface area contributed by atoms with E-state index in [1.54, 1.807) is 0 Å². The molecule has 0 radical (unpaired) electrons. The smallest absolute Gasteiger partial charge is 0.0124 e.